The van der Waals surface area contributed by atoms with Crippen LogP contribution < -0.4 is 43.9 Å². The van der Waals surface area contributed by atoms with Crippen molar-refractivity contribution in [3.05, 3.63) is 0 Å². The van der Waals surface area contributed by atoms with E-state index in [1.165, 1.54) is 11.8 Å². The molecule has 4 atom stereocenters. The summed E-state index contributed by atoms with van der Waals surface area (Å²) in [5.41, 5.74) is 18.2. The quantitative estimate of drug-likeness (QED) is 0.0314. The van der Waals surface area contributed by atoms with Gasteiger partial charge in [0, 0.05) is 26.1 Å². The molecule has 1 aliphatic heterocycles. The van der Waals surface area contributed by atoms with E-state index in [1.807, 2.05) is 0 Å². The molecule has 48 heavy (non-hydrogen) atoms. The first-order valence-electron chi connectivity index (χ1n) is 15.5. The number of rotatable bonds is 17. The number of aliphatic carboxylic acids is 1. The summed E-state index contributed by atoms with van der Waals surface area (Å²) >= 11 is 0. The van der Waals surface area contributed by atoms with Crippen molar-refractivity contribution in [2.75, 3.05) is 19.6 Å². The number of amides is 8. The number of nitrogens with two attached hydrogens (primary N) is 3. The van der Waals surface area contributed by atoms with Crippen LogP contribution in [0.5, 0.6) is 0 Å². The van der Waals surface area contributed by atoms with E-state index >= 15 is 0 Å². The van der Waals surface area contributed by atoms with E-state index in [4.69, 9.17) is 17.2 Å². The molecule has 8 amide bonds. The average molecular weight is 684 g/mol. The summed E-state index contributed by atoms with van der Waals surface area (Å²) in [6.07, 6.45) is 0.278. The molecule has 20 heteroatoms. The number of aliphatic imine (C=N–C) groups is 1. The van der Waals surface area contributed by atoms with E-state index in [0.29, 0.717) is 12.8 Å². The van der Waals surface area contributed by atoms with Gasteiger partial charge in [0.2, 0.25) is 29.5 Å². The van der Waals surface area contributed by atoms with Crippen LogP contribution in [-0.2, 0) is 33.6 Å². The first-order chi connectivity index (χ1) is 22.3. The predicted octanol–water partition coefficient (Wildman–Crippen LogP) is -3.43. The number of hydrogen-bond donors (Lipinski definition) is 9. The topological polar surface area (TPSA) is 314 Å². The smallest absolute Gasteiger partial charge is 0.339 e. The molecule has 20 nitrogen and oxygen atoms in total. The second kappa shape index (κ2) is 19.5. The van der Waals surface area contributed by atoms with Crippen LogP contribution in [0.25, 0.3) is 0 Å². The van der Waals surface area contributed by atoms with E-state index in [9.17, 15) is 43.5 Å². The van der Waals surface area contributed by atoms with Gasteiger partial charge in [-0.2, -0.15) is 0 Å². The Balaban J connectivity index is 3.12. The summed E-state index contributed by atoms with van der Waals surface area (Å²) in [6, 6.07) is -6.34. The third-order valence-electron chi connectivity index (χ3n) is 7.09. The first kappa shape index (κ1) is 40.9. The molecule has 12 N–H and O–H groups in total. The molecular weight excluding hydrogens is 634 g/mol. The molecule has 0 aromatic carbocycles. The van der Waals surface area contributed by atoms with Crippen LogP contribution in [0, 0.1) is 5.92 Å². The largest absolute Gasteiger partial charge is 0.481 e. The number of carbonyl (C=O) groups is 8. The first-order valence-corrected chi connectivity index (χ1v) is 15.5. The highest BCUT2D eigenvalue weighted by Gasteiger charge is 2.39. The fourth-order valence-electron chi connectivity index (χ4n) is 4.75. The number of primary amides is 1. The standard InChI is InChI=1S/C28H49N11O9/c1-14(2)22(26(47)37-39(15(3)4)28(48)38-11-7-9-19(38)25(46)33-13-20(29)41)36-24(45)18(12-21(42)43)35-23(44)17(34-16(5)40)8-6-10-32-27(30)31/h14-15,17-19,22H,6-13H2,1-5H3,(H2,29,41)(H,33,46)(H,34,40)(H,35,44)(H,36,45)(H,37,47)(H,42,43)(H4,30,31,32)/t17-,18-,19-,22-/m0/s1. The van der Waals surface area contributed by atoms with Crippen molar-refractivity contribution in [3.8, 4) is 0 Å². The molecule has 270 valence electrons. The minimum atomic E-state index is -1.65. The van der Waals surface area contributed by atoms with E-state index < -0.39 is 96.5 Å². The fraction of sp³-hybridized carbons (Fsp3) is 0.679. The third-order valence-corrected chi connectivity index (χ3v) is 7.09. The lowest BCUT2D eigenvalue weighted by molar-refractivity contribution is -0.141. The van der Waals surface area contributed by atoms with Crippen LogP contribution >= 0.6 is 0 Å². The Morgan fingerprint density at radius 1 is 0.917 bits per heavy atom. The van der Waals surface area contributed by atoms with E-state index in [1.54, 1.807) is 27.7 Å². The highest BCUT2D eigenvalue weighted by atomic mass is 16.4. The number of carboxylic acid groups (broad SMARTS) is 1. The highest BCUT2D eigenvalue weighted by Crippen LogP contribution is 2.20. The Kier molecular flexibility index (Phi) is 16.6. The summed E-state index contributed by atoms with van der Waals surface area (Å²) in [5.74, 6) is -6.75. The normalized spacial score (nSPS) is 15.8. The zero-order chi connectivity index (χ0) is 36.7. The van der Waals surface area contributed by atoms with Gasteiger partial charge in [-0.25, -0.2) is 9.80 Å². The number of carbonyl (C=O) groups excluding carboxylic acids is 7. The molecule has 0 aromatic heterocycles. The zero-order valence-corrected chi connectivity index (χ0v) is 27.9. The molecule has 0 saturated carbocycles. The van der Waals surface area contributed by atoms with Gasteiger partial charge in [0.25, 0.3) is 5.91 Å². The molecule has 0 spiro atoms. The molecule has 1 aliphatic rings. The molecular formula is C28H49N11O9. The SMILES string of the molecule is CC(=O)N[C@@H](CCCN=C(N)N)C(=O)N[C@@H](CC(=O)O)C(=O)N[C@H](C(=O)NN(C(=O)N1CCC[C@H]1C(=O)NCC(N)=O)C(C)C)C(C)C. The lowest BCUT2D eigenvalue weighted by Crippen LogP contribution is -2.63. The van der Waals surface area contributed by atoms with Gasteiger partial charge in [0.1, 0.15) is 24.2 Å². The monoisotopic (exact) mass is 683 g/mol. The molecule has 0 aromatic rings. The van der Waals surface area contributed by atoms with Gasteiger partial charge in [-0.1, -0.05) is 13.8 Å². The summed E-state index contributed by atoms with van der Waals surface area (Å²) in [6.45, 7) is 7.53. The Labute approximate surface area is 278 Å². The summed E-state index contributed by atoms with van der Waals surface area (Å²) in [5, 5.41) is 20.1. The molecule has 1 heterocycles. The van der Waals surface area contributed by atoms with Crippen molar-refractivity contribution in [1.82, 2.24) is 36.6 Å². The van der Waals surface area contributed by atoms with Gasteiger partial charge in [0.15, 0.2) is 5.96 Å². The predicted molar refractivity (Wildman–Crippen MR) is 171 cm³/mol. The summed E-state index contributed by atoms with van der Waals surface area (Å²) in [4.78, 5) is 106. The molecule has 0 bridgehead atoms. The van der Waals surface area contributed by atoms with Crippen LogP contribution in [-0.4, -0.2) is 118 Å². The maximum absolute atomic E-state index is 13.5. The molecule has 0 aliphatic carbocycles. The van der Waals surface area contributed by atoms with E-state index in [-0.39, 0.29) is 31.9 Å². The number of guanidine groups is 1. The number of hydrogen-bond acceptors (Lipinski definition) is 9. The average Bonchev–Trinajstić information content (AvgIpc) is 3.47. The van der Waals surface area contributed by atoms with Gasteiger partial charge in [0.05, 0.1) is 13.0 Å². The van der Waals surface area contributed by atoms with Crippen LogP contribution in [0.15, 0.2) is 4.99 Å². The molecule has 1 fully saturated rings. The van der Waals surface area contributed by atoms with E-state index in [2.05, 4.69) is 31.7 Å². The maximum atomic E-state index is 13.5. The zero-order valence-electron chi connectivity index (χ0n) is 27.9. The number of hydrazine groups is 1. The molecule has 1 saturated heterocycles. The molecule has 0 unspecified atom stereocenters. The molecule has 0 radical (unpaired) electrons. The van der Waals surface area contributed by atoms with Gasteiger partial charge in [-0.3, -0.25) is 44.0 Å². The van der Waals surface area contributed by atoms with Crippen LogP contribution in [0.2, 0.25) is 0 Å². The Hall–Kier alpha value is -5.17. The molecule has 1 rings (SSSR count). The van der Waals surface area contributed by atoms with Crippen molar-refractivity contribution in [3.63, 3.8) is 0 Å². The number of carboxylic acids is 1. The minimum absolute atomic E-state index is 0.0599. The Morgan fingerprint density at radius 3 is 2.06 bits per heavy atom. The van der Waals surface area contributed by atoms with Crippen molar-refractivity contribution in [2.24, 2.45) is 28.1 Å². The fourth-order valence-corrected chi connectivity index (χ4v) is 4.75. The second-order valence-electron chi connectivity index (χ2n) is 11.8. The lowest BCUT2D eigenvalue weighted by atomic mass is 10.0. The lowest BCUT2D eigenvalue weighted by Gasteiger charge is -2.35. The number of urea groups is 1. The Bertz CT molecular complexity index is 1240. The van der Waals surface area contributed by atoms with E-state index in [0.717, 1.165) is 5.01 Å². The van der Waals surface area contributed by atoms with Crippen LogP contribution in [0.1, 0.15) is 66.7 Å². The maximum Gasteiger partial charge on any atom is 0.339 e. The van der Waals surface area contributed by atoms with Crippen molar-refractivity contribution in [1.29, 1.82) is 0 Å². The van der Waals surface area contributed by atoms with Crippen molar-refractivity contribution < 1.29 is 43.5 Å². The summed E-state index contributed by atoms with van der Waals surface area (Å²) < 4.78 is 0. The third kappa shape index (κ3) is 13.7. The number of likely N-dealkylation sites (tertiary alicyclic amines) is 1. The van der Waals surface area contributed by atoms with Gasteiger partial charge < -0.3 is 48.5 Å². The van der Waals surface area contributed by atoms with Crippen molar-refractivity contribution in [2.45, 2.75) is 96.9 Å². The van der Waals surface area contributed by atoms with Gasteiger partial charge in [-0.15, -0.1) is 0 Å². The second-order valence-corrected chi connectivity index (χ2v) is 11.8. The number of nitrogens with one attached hydrogen (secondary N) is 5. The number of nitrogens with zero attached hydrogens (tertiary/aromatic N) is 3. The van der Waals surface area contributed by atoms with Gasteiger partial charge >= 0.3 is 12.0 Å². The van der Waals surface area contributed by atoms with Crippen molar-refractivity contribution >= 4 is 53.4 Å². The minimum Gasteiger partial charge on any atom is -0.481 e. The summed E-state index contributed by atoms with van der Waals surface area (Å²) in [7, 11) is 0. The Morgan fingerprint density at radius 2 is 1.54 bits per heavy atom. The van der Waals surface area contributed by atoms with Crippen LogP contribution in [0.3, 0.4) is 0 Å². The van der Waals surface area contributed by atoms with Crippen LogP contribution in [0.4, 0.5) is 4.79 Å². The van der Waals surface area contributed by atoms with Gasteiger partial charge in [-0.05, 0) is 45.4 Å². The highest BCUT2D eigenvalue weighted by molar-refractivity contribution is 5.96.